The highest BCUT2D eigenvalue weighted by atomic mass is 35.5. The van der Waals surface area contributed by atoms with Gasteiger partial charge in [0.1, 0.15) is 11.5 Å². The van der Waals surface area contributed by atoms with Crippen LogP contribution in [0.4, 0.5) is 0 Å². The van der Waals surface area contributed by atoms with E-state index in [2.05, 4.69) is 9.97 Å². The Bertz CT molecular complexity index is 140. The fourth-order valence-corrected chi connectivity index (χ4v) is 0.375. The van der Waals surface area contributed by atoms with E-state index in [1.54, 1.807) is 12.3 Å². The SMILES string of the molecule is Clc1ccncn1. The van der Waals surface area contributed by atoms with E-state index in [4.69, 9.17) is 11.6 Å². The van der Waals surface area contributed by atoms with Gasteiger partial charge in [0.2, 0.25) is 0 Å². The molecule has 0 fully saturated rings. The second-order valence-corrected chi connectivity index (χ2v) is 1.42. The zero-order chi connectivity index (χ0) is 5.11. The Hall–Kier alpha value is -0.630. The van der Waals surface area contributed by atoms with Gasteiger partial charge in [0.15, 0.2) is 0 Å². The lowest BCUT2D eigenvalue weighted by molar-refractivity contribution is 1.17. The van der Waals surface area contributed by atoms with E-state index in [0.717, 1.165) is 0 Å². The summed E-state index contributed by atoms with van der Waals surface area (Å²) < 4.78 is 0. The van der Waals surface area contributed by atoms with Gasteiger partial charge in [0.25, 0.3) is 0 Å². The molecule has 0 atom stereocenters. The average molecular weight is 115 g/mol. The molecule has 0 saturated heterocycles. The van der Waals surface area contributed by atoms with Gasteiger partial charge in [-0.1, -0.05) is 11.6 Å². The largest absolute Gasteiger partial charge is 0.245 e. The molecule has 2 nitrogen and oxygen atoms in total. The summed E-state index contributed by atoms with van der Waals surface area (Å²) in [5.41, 5.74) is 0. The molecule has 36 valence electrons. The minimum absolute atomic E-state index is 0.481. The van der Waals surface area contributed by atoms with Gasteiger partial charge in [-0.25, -0.2) is 9.97 Å². The molecule has 0 amide bonds. The second kappa shape index (κ2) is 1.89. The predicted octanol–water partition coefficient (Wildman–Crippen LogP) is 1.13. The molecule has 0 N–H and O–H groups in total. The van der Waals surface area contributed by atoms with Crippen LogP contribution in [0.5, 0.6) is 0 Å². The van der Waals surface area contributed by atoms with Gasteiger partial charge >= 0.3 is 0 Å². The van der Waals surface area contributed by atoms with Crippen molar-refractivity contribution >= 4 is 11.6 Å². The maximum Gasteiger partial charge on any atom is 0.132 e. The predicted molar refractivity (Wildman–Crippen MR) is 27.0 cm³/mol. The molecule has 0 aromatic carbocycles. The molecule has 0 unspecified atom stereocenters. The molecular formula is C4H3ClN2. The first-order valence-corrected chi connectivity index (χ1v) is 2.19. The average Bonchev–Trinajstić information content (AvgIpc) is 1.69. The molecule has 1 rings (SSSR count). The Kier molecular flexibility index (Phi) is 1.22. The van der Waals surface area contributed by atoms with Crippen molar-refractivity contribution in [1.82, 2.24) is 9.97 Å². The van der Waals surface area contributed by atoms with Crippen molar-refractivity contribution in [2.75, 3.05) is 0 Å². The van der Waals surface area contributed by atoms with E-state index in [1.807, 2.05) is 0 Å². The van der Waals surface area contributed by atoms with Crippen molar-refractivity contribution < 1.29 is 0 Å². The van der Waals surface area contributed by atoms with Gasteiger partial charge in [-0.3, -0.25) is 0 Å². The minimum Gasteiger partial charge on any atom is -0.245 e. The van der Waals surface area contributed by atoms with Crippen LogP contribution in [0.25, 0.3) is 0 Å². The van der Waals surface area contributed by atoms with Crippen LogP contribution in [0, 0.1) is 0 Å². The fourth-order valence-electron chi connectivity index (χ4n) is 0.275. The molecule has 1 heterocycles. The third kappa shape index (κ3) is 1.12. The lowest BCUT2D eigenvalue weighted by Crippen LogP contribution is -1.72. The highest BCUT2D eigenvalue weighted by molar-refractivity contribution is 6.29. The fraction of sp³-hybridized carbons (Fsp3) is 0. The van der Waals surface area contributed by atoms with E-state index in [1.165, 1.54) is 6.33 Å². The van der Waals surface area contributed by atoms with Crippen LogP contribution in [-0.2, 0) is 0 Å². The summed E-state index contributed by atoms with van der Waals surface area (Å²) in [5.74, 6) is 0. The second-order valence-electron chi connectivity index (χ2n) is 1.03. The first-order valence-electron chi connectivity index (χ1n) is 1.81. The van der Waals surface area contributed by atoms with E-state index < -0.39 is 0 Å². The van der Waals surface area contributed by atoms with Crippen LogP contribution in [-0.4, -0.2) is 9.97 Å². The molecule has 1 aromatic heterocycles. The number of halogens is 1. The van der Waals surface area contributed by atoms with Gasteiger partial charge in [0, 0.05) is 6.20 Å². The molecule has 0 aliphatic carbocycles. The Morgan fingerprint density at radius 3 is 2.71 bits per heavy atom. The van der Waals surface area contributed by atoms with Gasteiger partial charge in [-0.15, -0.1) is 0 Å². The molecule has 7 heavy (non-hydrogen) atoms. The zero-order valence-electron chi connectivity index (χ0n) is 3.50. The molecule has 0 radical (unpaired) electrons. The van der Waals surface area contributed by atoms with E-state index >= 15 is 0 Å². The van der Waals surface area contributed by atoms with Crippen LogP contribution >= 0.6 is 11.6 Å². The Morgan fingerprint density at radius 2 is 2.43 bits per heavy atom. The lowest BCUT2D eigenvalue weighted by Gasteiger charge is -1.79. The highest BCUT2D eigenvalue weighted by Gasteiger charge is 1.77. The van der Waals surface area contributed by atoms with Crippen molar-refractivity contribution in [2.24, 2.45) is 0 Å². The summed E-state index contributed by atoms with van der Waals surface area (Å²) in [6.45, 7) is 0. The molecule has 1 aromatic rings. The topological polar surface area (TPSA) is 25.8 Å². The third-order valence-corrected chi connectivity index (χ3v) is 0.769. The molecule has 3 heteroatoms. The van der Waals surface area contributed by atoms with Crippen molar-refractivity contribution in [1.29, 1.82) is 0 Å². The number of nitrogens with zero attached hydrogens (tertiary/aromatic N) is 2. The zero-order valence-corrected chi connectivity index (χ0v) is 4.26. The van der Waals surface area contributed by atoms with Crippen LogP contribution in [0.2, 0.25) is 5.15 Å². The van der Waals surface area contributed by atoms with Crippen molar-refractivity contribution in [3.05, 3.63) is 23.7 Å². The summed E-state index contributed by atoms with van der Waals surface area (Å²) in [5, 5.41) is 0.481. The summed E-state index contributed by atoms with van der Waals surface area (Å²) in [6.07, 6.45) is 3.00. The standard InChI is InChI=1S/C4H3ClN2/c5-4-1-2-6-3-7-4/h1-3H. The Labute approximate surface area is 46.2 Å². The molecule has 0 spiro atoms. The molecular weight excluding hydrogens is 112 g/mol. The smallest absolute Gasteiger partial charge is 0.132 e. The molecule has 0 aliphatic rings. The quantitative estimate of drug-likeness (QED) is 0.473. The summed E-state index contributed by atoms with van der Waals surface area (Å²) in [4.78, 5) is 7.28. The molecule has 0 bridgehead atoms. The number of aromatic nitrogens is 2. The van der Waals surface area contributed by atoms with Gasteiger partial charge in [-0.2, -0.15) is 0 Å². The monoisotopic (exact) mass is 114 g/mol. The highest BCUT2D eigenvalue weighted by Crippen LogP contribution is 1.96. The van der Waals surface area contributed by atoms with E-state index in [9.17, 15) is 0 Å². The van der Waals surface area contributed by atoms with Crippen LogP contribution in [0.15, 0.2) is 18.6 Å². The maximum absolute atomic E-state index is 5.39. The number of hydrogen-bond donors (Lipinski definition) is 0. The van der Waals surface area contributed by atoms with Crippen molar-refractivity contribution in [3.63, 3.8) is 0 Å². The van der Waals surface area contributed by atoms with Crippen LogP contribution in [0.1, 0.15) is 0 Å². The normalized spacial score (nSPS) is 8.71. The number of hydrogen-bond acceptors (Lipinski definition) is 2. The molecule has 0 aliphatic heterocycles. The van der Waals surface area contributed by atoms with E-state index in [-0.39, 0.29) is 0 Å². The summed E-state index contributed by atoms with van der Waals surface area (Å²) in [6, 6.07) is 1.63. The van der Waals surface area contributed by atoms with Gasteiger partial charge < -0.3 is 0 Å². The third-order valence-electron chi connectivity index (χ3n) is 0.546. The van der Waals surface area contributed by atoms with Crippen LogP contribution < -0.4 is 0 Å². The minimum atomic E-state index is 0.481. The Balaban J connectivity index is 3.02. The Morgan fingerprint density at radius 1 is 1.57 bits per heavy atom. The van der Waals surface area contributed by atoms with E-state index in [0.29, 0.717) is 5.15 Å². The lowest BCUT2D eigenvalue weighted by atomic mass is 10.7. The summed E-state index contributed by atoms with van der Waals surface area (Å²) >= 11 is 5.39. The van der Waals surface area contributed by atoms with Crippen LogP contribution in [0.3, 0.4) is 0 Å². The van der Waals surface area contributed by atoms with Gasteiger partial charge in [0.05, 0.1) is 0 Å². The maximum atomic E-state index is 5.39. The molecule has 0 saturated carbocycles. The summed E-state index contributed by atoms with van der Waals surface area (Å²) in [7, 11) is 0. The van der Waals surface area contributed by atoms with Gasteiger partial charge in [-0.05, 0) is 6.07 Å². The van der Waals surface area contributed by atoms with Crippen molar-refractivity contribution in [2.45, 2.75) is 0 Å². The van der Waals surface area contributed by atoms with Crippen molar-refractivity contribution in [3.8, 4) is 0 Å². The first-order chi connectivity index (χ1) is 3.39. The first kappa shape index (κ1) is 4.53. The number of rotatable bonds is 0.